The SMILES string of the molecule is CCOC(=O)C1=C(CSC2=NCCCN2)N=C(C)C(C(=O)OC)C1c1cccc([N+](=O)[O-])c1. The number of aliphatic imine (C=N–C) groups is 2. The Morgan fingerprint density at radius 1 is 1.36 bits per heavy atom. The lowest BCUT2D eigenvalue weighted by Crippen LogP contribution is -2.37. The monoisotopic (exact) mass is 474 g/mol. The number of nitro groups is 1. The zero-order chi connectivity index (χ0) is 24.0. The van der Waals surface area contributed by atoms with Gasteiger partial charge < -0.3 is 14.8 Å². The Morgan fingerprint density at radius 2 is 2.15 bits per heavy atom. The lowest BCUT2D eigenvalue weighted by molar-refractivity contribution is -0.384. The third-order valence-electron chi connectivity index (χ3n) is 5.32. The first-order chi connectivity index (χ1) is 15.9. The molecule has 2 unspecified atom stereocenters. The highest BCUT2D eigenvalue weighted by molar-refractivity contribution is 8.14. The molecule has 0 aliphatic carbocycles. The summed E-state index contributed by atoms with van der Waals surface area (Å²) in [5.41, 5.74) is 1.40. The van der Waals surface area contributed by atoms with Crippen molar-refractivity contribution in [2.24, 2.45) is 15.9 Å². The van der Waals surface area contributed by atoms with Crippen molar-refractivity contribution in [3.63, 3.8) is 0 Å². The molecule has 2 heterocycles. The van der Waals surface area contributed by atoms with Crippen LogP contribution in [-0.2, 0) is 19.1 Å². The van der Waals surface area contributed by atoms with E-state index in [2.05, 4.69) is 15.3 Å². The standard InChI is InChI=1S/C22H26N4O6S/c1-4-32-21(28)19-16(12-33-22-23-9-6-10-24-22)25-13(2)17(20(27)31-3)18(19)14-7-5-8-15(11-14)26(29)30/h5,7-8,11,17-18H,4,6,9-10,12H2,1-3H3,(H,23,24). The van der Waals surface area contributed by atoms with E-state index in [0.717, 1.165) is 24.7 Å². The maximum absolute atomic E-state index is 13.1. The molecule has 11 heteroatoms. The fourth-order valence-electron chi connectivity index (χ4n) is 3.86. The molecule has 0 saturated carbocycles. The number of thioether (sulfide) groups is 1. The summed E-state index contributed by atoms with van der Waals surface area (Å²) in [6.07, 6.45) is 0.952. The van der Waals surface area contributed by atoms with E-state index in [1.54, 1.807) is 19.9 Å². The largest absolute Gasteiger partial charge is 0.468 e. The number of carbonyl (C=O) groups excluding carboxylic acids is 2. The lowest BCUT2D eigenvalue weighted by atomic mass is 9.75. The first-order valence-corrected chi connectivity index (χ1v) is 11.5. The van der Waals surface area contributed by atoms with Crippen LogP contribution in [0.25, 0.3) is 0 Å². The molecule has 33 heavy (non-hydrogen) atoms. The smallest absolute Gasteiger partial charge is 0.336 e. The summed E-state index contributed by atoms with van der Waals surface area (Å²) >= 11 is 1.41. The number of non-ortho nitro benzene ring substituents is 1. The summed E-state index contributed by atoms with van der Waals surface area (Å²) in [4.78, 5) is 45.8. The molecule has 1 N–H and O–H groups in total. The molecule has 10 nitrogen and oxygen atoms in total. The number of hydrogen-bond acceptors (Lipinski definition) is 10. The van der Waals surface area contributed by atoms with E-state index in [1.807, 2.05) is 0 Å². The molecule has 176 valence electrons. The van der Waals surface area contributed by atoms with Gasteiger partial charge in [0.1, 0.15) is 5.92 Å². The zero-order valence-corrected chi connectivity index (χ0v) is 19.5. The van der Waals surface area contributed by atoms with Crippen molar-refractivity contribution in [2.75, 3.05) is 32.6 Å². The Hall–Kier alpha value is -3.21. The van der Waals surface area contributed by atoms with E-state index in [9.17, 15) is 19.7 Å². The second kappa shape index (κ2) is 11.1. The minimum absolute atomic E-state index is 0.129. The van der Waals surface area contributed by atoms with Crippen LogP contribution in [0.4, 0.5) is 5.69 Å². The van der Waals surface area contributed by atoms with E-state index in [1.165, 1.54) is 37.1 Å². The number of benzene rings is 1. The molecule has 2 aliphatic rings. The molecule has 0 amide bonds. The van der Waals surface area contributed by atoms with Crippen molar-refractivity contribution in [1.82, 2.24) is 5.32 Å². The summed E-state index contributed by atoms with van der Waals surface area (Å²) in [7, 11) is 1.26. The topological polar surface area (TPSA) is 132 Å². The zero-order valence-electron chi connectivity index (χ0n) is 18.7. The van der Waals surface area contributed by atoms with Crippen molar-refractivity contribution in [3.8, 4) is 0 Å². The van der Waals surface area contributed by atoms with Gasteiger partial charge in [0, 0.05) is 42.6 Å². The minimum Gasteiger partial charge on any atom is -0.468 e. The Bertz CT molecular complexity index is 1040. The number of ether oxygens (including phenoxy) is 2. The van der Waals surface area contributed by atoms with Crippen molar-refractivity contribution in [3.05, 3.63) is 51.2 Å². The van der Waals surface area contributed by atoms with Crippen LogP contribution in [0.1, 0.15) is 31.7 Å². The van der Waals surface area contributed by atoms with Gasteiger partial charge in [-0.2, -0.15) is 0 Å². The summed E-state index contributed by atoms with van der Waals surface area (Å²) in [5, 5.41) is 15.4. The fraction of sp³-hybridized carbons (Fsp3) is 0.455. The average Bonchev–Trinajstić information content (AvgIpc) is 2.82. The Balaban J connectivity index is 2.13. The van der Waals surface area contributed by atoms with Crippen LogP contribution in [-0.4, -0.2) is 60.3 Å². The molecular formula is C22H26N4O6S. The number of nitro benzene ring substituents is 1. The molecule has 0 saturated heterocycles. The van der Waals surface area contributed by atoms with Crippen LogP contribution in [0.3, 0.4) is 0 Å². The summed E-state index contributed by atoms with van der Waals surface area (Å²) in [6, 6.07) is 5.91. The van der Waals surface area contributed by atoms with Crippen LogP contribution in [0.15, 0.2) is 45.5 Å². The second-order valence-electron chi connectivity index (χ2n) is 7.42. The third-order valence-corrected chi connectivity index (χ3v) is 6.28. The molecule has 2 aliphatic heterocycles. The van der Waals surface area contributed by atoms with Crippen molar-refractivity contribution < 1.29 is 24.0 Å². The number of amidine groups is 1. The van der Waals surface area contributed by atoms with Gasteiger partial charge >= 0.3 is 11.9 Å². The predicted molar refractivity (Wildman–Crippen MR) is 125 cm³/mol. The van der Waals surface area contributed by atoms with Gasteiger partial charge in [-0.3, -0.25) is 24.9 Å². The molecule has 3 rings (SSSR count). The Labute approximate surface area is 195 Å². The van der Waals surface area contributed by atoms with Gasteiger partial charge in [0.25, 0.3) is 5.69 Å². The van der Waals surface area contributed by atoms with E-state index < -0.39 is 28.7 Å². The van der Waals surface area contributed by atoms with Gasteiger partial charge in [0.15, 0.2) is 5.17 Å². The third kappa shape index (κ3) is 5.59. The molecule has 1 aromatic carbocycles. The molecule has 0 radical (unpaired) electrons. The van der Waals surface area contributed by atoms with Gasteiger partial charge in [-0.15, -0.1) is 0 Å². The number of rotatable bonds is 7. The van der Waals surface area contributed by atoms with Crippen LogP contribution in [0.5, 0.6) is 0 Å². The van der Waals surface area contributed by atoms with Crippen LogP contribution in [0.2, 0.25) is 0 Å². The van der Waals surface area contributed by atoms with Crippen molar-refractivity contribution in [2.45, 2.75) is 26.2 Å². The van der Waals surface area contributed by atoms with E-state index in [0.29, 0.717) is 22.7 Å². The average molecular weight is 475 g/mol. The molecule has 2 atom stereocenters. The van der Waals surface area contributed by atoms with E-state index >= 15 is 0 Å². The Morgan fingerprint density at radius 3 is 2.79 bits per heavy atom. The number of hydrogen-bond donors (Lipinski definition) is 1. The lowest BCUT2D eigenvalue weighted by Gasteiger charge is -2.32. The molecule has 0 fully saturated rings. The van der Waals surface area contributed by atoms with Crippen LogP contribution in [0, 0.1) is 16.0 Å². The maximum atomic E-state index is 13.1. The van der Waals surface area contributed by atoms with Crippen LogP contribution >= 0.6 is 11.8 Å². The van der Waals surface area contributed by atoms with Gasteiger partial charge in [-0.05, 0) is 25.8 Å². The van der Waals surface area contributed by atoms with Crippen LogP contribution < -0.4 is 5.32 Å². The molecule has 0 spiro atoms. The summed E-state index contributed by atoms with van der Waals surface area (Å²) < 4.78 is 10.3. The van der Waals surface area contributed by atoms with E-state index in [-0.39, 0.29) is 17.9 Å². The quantitative estimate of drug-likeness (QED) is 0.362. The second-order valence-corrected chi connectivity index (χ2v) is 8.38. The van der Waals surface area contributed by atoms with Crippen molar-refractivity contribution in [1.29, 1.82) is 0 Å². The van der Waals surface area contributed by atoms with Gasteiger partial charge in [0.05, 0.1) is 29.9 Å². The highest BCUT2D eigenvalue weighted by Crippen LogP contribution is 2.41. The number of methoxy groups -OCH3 is 1. The number of carbonyl (C=O) groups is 2. The van der Waals surface area contributed by atoms with Gasteiger partial charge in [-0.25, -0.2) is 4.79 Å². The normalized spacial score (nSPS) is 20.3. The first-order valence-electron chi connectivity index (χ1n) is 10.6. The summed E-state index contributed by atoms with van der Waals surface area (Å²) in [5.74, 6) is -2.65. The minimum atomic E-state index is -0.921. The number of nitrogens with one attached hydrogen (secondary N) is 1. The van der Waals surface area contributed by atoms with Crippen molar-refractivity contribution >= 4 is 40.3 Å². The molecule has 0 bridgehead atoms. The first kappa shape index (κ1) is 24.4. The highest BCUT2D eigenvalue weighted by atomic mass is 32.2. The predicted octanol–water partition coefficient (Wildman–Crippen LogP) is 2.84. The van der Waals surface area contributed by atoms with E-state index in [4.69, 9.17) is 9.47 Å². The van der Waals surface area contributed by atoms with Gasteiger partial charge in [-0.1, -0.05) is 23.9 Å². The molecular weight excluding hydrogens is 448 g/mol. The summed E-state index contributed by atoms with van der Waals surface area (Å²) in [6.45, 7) is 5.05. The van der Waals surface area contributed by atoms with Gasteiger partial charge in [0.2, 0.25) is 0 Å². The fourth-order valence-corrected chi connectivity index (χ4v) is 4.74. The molecule has 1 aromatic rings. The number of nitrogens with zero attached hydrogens (tertiary/aromatic N) is 3. The molecule has 0 aromatic heterocycles. The Kier molecular flexibility index (Phi) is 8.21. The number of esters is 2. The highest BCUT2D eigenvalue weighted by Gasteiger charge is 2.43. The maximum Gasteiger partial charge on any atom is 0.336 e.